The van der Waals surface area contributed by atoms with E-state index in [0.717, 1.165) is 22.0 Å². The average Bonchev–Trinajstić information content (AvgIpc) is 2.84. The first-order valence-electron chi connectivity index (χ1n) is 5.35. The molecule has 3 rings (SSSR count). The Morgan fingerprint density at radius 1 is 1.47 bits per heavy atom. The first-order valence-corrected chi connectivity index (χ1v) is 5.73. The van der Waals surface area contributed by atoms with Crippen LogP contribution in [-0.4, -0.2) is 18.1 Å². The van der Waals surface area contributed by atoms with Crippen LogP contribution in [0, 0.1) is 0 Å². The summed E-state index contributed by atoms with van der Waals surface area (Å²) in [6, 6.07) is 3.63. The zero-order chi connectivity index (χ0) is 12.2. The summed E-state index contributed by atoms with van der Waals surface area (Å²) in [4.78, 5) is 11.6. The van der Waals surface area contributed by atoms with Crippen LogP contribution < -0.4 is 16.0 Å². The fraction of sp³-hybridized carbons (Fsp3) is 0.250. The second-order valence-corrected chi connectivity index (χ2v) is 4.36. The van der Waals surface area contributed by atoms with Crippen molar-refractivity contribution in [2.24, 2.45) is 5.73 Å². The third kappa shape index (κ3) is 1.25. The highest BCUT2D eigenvalue weighted by atomic mass is 35.5. The molecule has 2 heterocycles. The Balaban J connectivity index is 2.40. The number of halogens is 1. The second-order valence-electron chi connectivity index (χ2n) is 3.98. The Morgan fingerprint density at radius 3 is 2.88 bits per heavy atom. The van der Waals surface area contributed by atoms with E-state index in [1.807, 2.05) is 6.07 Å². The van der Waals surface area contributed by atoms with Crippen molar-refractivity contribution in [2.75, 3.05) is 13.7 Å². The summed E-state index contributed by atoms with van der Waals surface area (Å²) in [5.41, 5.74) is 8.16. The van der Waals surface area contributed by atoms with Crippen LogP contribution in [0.1, 0.15) is 5.56 Å². The standard InChI is InChI=1S/C12H11ClN2O2/c1-17-8-3-2-7-9(10(8)13)6(4-5-14)11-12(16)15(7)11/h2-3H,4-5,14H2,1H3. The summed E-state index contributed by atoms with van der Waals surface area (Å²) < 4.78 is 6.86. The summed E-state index contributed by atoms with van der Waals surface area (Å²) in [7, 11) is 1.57. The molecule has 0 fully saturated rings. The fourth-order valence-corrected chi connectivity index (χ4v) is 2.68. The van der Waals surface area contributed by atoms with Gasteiger partial charge in [0.15, 0.2) is 0 Å². The maximum atomic E-state index is 11.6. The minimum absolute atomic E-state index is 0.0576. The van der Waals surface area contributed by atoms with E-state index in [1.54, 1.807) is 17.6 Å². The average molecular weight is 251 g/mol. The quantitative estimate of drug-likeness (QED) is 0.766. The lowest BCUT2D eigenvalue weighted by atomic mass is 10.1. The van der Waals surface area contributed by atoms with Crippen molar-refractivity contribution in [1.82, 2.24) is 4.40 Å². The predicted octanol–water partition coefficient (Wildman–Crippen LogP) is 1.49. The number of hydrogen-bond acceptors (Lipinski definition) is 3. The number of nitrogens with zero attached hydrogens (tertiary/aromatic N) is 1. The van der Waals surface area contributed by atoms with Crippen LogP contribution in [0.5, 0.6) is 5.75 Å². The highest BCUT2D eigenvalue weighted by Crippen LogP contribution is 2.38. The van der Waals surface area contributed by atoms with Gasteiger partial charge in [-0.2, -0.15) is 0 Å². The monoisotopic (exact) mass is 250 g/mol. The Bertz CT molecular complexity index is 735. The molecule has 5 heteroatoms. The molecule has 0 aliphatic carbocycles. The van der Waals surface area contributed by atoms with Gasteiger partial charge >= 0.3 is 0 Å². The molecule has 2 aromatic heterocycles. The molecular formula is C12H11ClN2O2. The maximum Gasteiger partial charge on any atom is 0.280 e. The van der Waals surface area contributed by atoms with Gasteiger partial charge in [-0.15, -0.1) is 0 Å². The van der Waals surface area contributed by atoms with Gasteiger partial charge in [-0.05, 0) is 30.7 Å². The van der Waals surface area contributed by atoms with Gasteiger partial charge in [-0.25, -0.2) is 0 Å². The van der Waals surface area contributed by atoms with E-state index < -0.39 is 0 Å². The van der Waals surface area contributed by atoms with E-state index >= 15 is 0 Å². The van der Waals surface area contributed by atoms with Crippen LogP contribution in [0.3, 0.4) is 0 Å². The molecule has 0 aliphatic heterocycles. The number of nitrogens with two attached hydrogens (primary N) is 1. The van der Waals surface area contributed by atoms with Gasteiger partial charge < -0.3 is 10.5 Å². The van der Waals surface area contributed by atoms with Gasteiger partial charge in [0.05, 0.1) is 17.6 Å². The molecule has 0 amide bonds. The van der Waals surface area contributed by atoms with E-state index in [2.05, 4.69) is 0 Å². The minimum Gasteiger partial charge on any atom is -0.495 e. The fourth-order valence-electron chi connectivity index (χ4n) is 2.33. The molecule has 17 heavy (non-hydrogen) atoms. The molecule has 88 valence electrons. The molecule has 4 nitrogen and oxygen atoms in total. The summed E-state index contributed by atoms with van der Waals surface area (Å²) in [6.07, 6.45) is 0.650. The third-order valence-electron chi connectivity index (χ3n) is 3.11. The van der Waals surface area contributed by atoms with Crippen LogP contribution in [0.15, 0.2) is 16.9 Å². The molecule has 0 unspecified atom stereocenters. The lowest BCUT2D eigenvalue weighted by Crippen LogP contribution is -2.03. The number of fused-ring (bicyclic) bond motifs is 3. The van der Waals surface area contributed by atoms with E-state index in [-0.39, 0.29) is 5.56 Å². The number of pyridine rings is 1. The lowest BCUT2D eigenvalue weighted by molar-refractivity contribution is 0.415. The number of hydrogen-bond donors (Lipinski definition) is 1. The van der Waals surface area contributed by atoms with Crippen LogP contribution in [0.25, 0.3) is 16.4 Å². The molecule has 3 aromatic rings. The van der Waals surface area contributed by atoms with Crippen molar-refractivity contribution in [2.45, 2.75) is 6.42 Å². The van der Waals surface area contributed by atoms with Gasteiger partial charge in [-0.3, -0.25) is 9.20 Å². The molecule has 0 atom stereocenters. The molecular weight excluding hydrogens is 240 g/mol. The maximum absolute atomic E-state index is 11.6. The van der Waals surface area contributed by atoms with Crippen molar-refractivity contribution in [1.29, 1.82) is 0 Å². The van der Waals surface area contributed by atoms with Gasteiger partial charge in [0.25, 0.3) is 5.56 Å². The van der Waals surface area contributed by atoms with Gasteiger partial charge in [0.2, 0.25) is 0 Å². The lowest BCUT2D eigenvalue weighted by Gasteiger charge is -2.05. The van der Waals surface area contributed by atoms with Crippen molar-refractivity contribution in [3.63, 3.8) is 0 Å². The van der Waals surface area contributed by atoms with Gasteiger partial charge in [-0.1, -0.05) is 11.6 Å². The van der Waals surface area contributed by atoms with Crippen molar-refractivity contribution < 1.29 is 4.74 Å². The van der Waals surface area contributed by atoms with Gasteiger partial charge in [0, 0.05) is 5.39 Å². The largest absolute Gasteiger partial charge is 0.495 e. The highest BCUT2D eigenvalue weighted by Gasteiger charge is 2.26. The topological polar surface area (TPSA) is 56.7 Å². The van der Waals surface area contributed by atoms with Crippen LogP contribution in [0.4, 0.5) is 0 Å². The Morgan fingerprint density at radius 2 is 2.24 bits per heavy atom. The van der Waals surface area contributed by atoms with Crippen molar-refractivity contribution >= 4 is 28.0 Å². The zero-order valence-electron chi connectivity index (χ0n) is 9.29. The highest BCUT2D eigenvalue weighted by molar-refractivity contribution is 6.37. The number of ether oxygens (including phenoxy) is 1. The van der Waals surface area contributed by atoms with E-state index in [0.29, 0.717) is 23.7 Å². The normalized spacial score (nSPS) is 11.9. The van der Waals surface area contributed by atoms with E-state index in [9.17, 15) is 4.79 Å². The first-order chi connectivity index (χ1) is 8.20. The smallest absolute Gasteiger partial charge is 0.280 e. The van der Waals surface area contributed by atoms with E-state index in [4.69, 9.17) is 22.1 Å². The molecule has 0 spiro atoms. The predicted molar refractivity (Wildman–Crippen MR) is 67.9 cm³/mol. The zero-order valence-corrected chi connectivity index (χ0v) is 10.0. The number of methoxy groups -OCH3 is 1. The Hall–Kier alpha value is -1.52. The summed E-state index contributed by atoms with van der Waals surface area (Å²) in [5.74, 6) is 0.621. The molecule has 0 saturated heterocycles. The molecule has 0 aliphatic rings. The van der Waals surface area contributed by atoms with Crippen LogP contribution >= 0.6 is 11.6 Å². The van der Waals surface area contributed by atoms with Gasteiger partial charge in [0.1, 0.15) is 11.3 Å². The summed E-state index contributed by atoms with van der Waals surface area (Å²) in [5, 5.41) is 1.45. The van der Waals surface area contributed by atoms with E-state index in [1.165, 1.54) is 0 Å². The Labute approximate surface area is 102 Å². The van der Waals surface area contributed by atoms with Crippen molar-refractivity contribution in [3.8, 4) is 5.75 Å². The summed E-state index contributed by atoms with van der Waals surface area (Å²) >= 11 is 6.28. The molecule has 0 bridgehead atoms. The second kappa shape index (κ2) is 3.48. The third-order valence-corrected chi connectivity index (χ3v) is 3.48. The molecule has 0 radical (unpaired) electrons. The minimum atomic E-state index is 0.0576. The number of benzene rings is 1. The Kier molecular flexibility index (Phi) is 2.18. The number of rotatable bonds is 3. The molecule has 0 saturated carbocycles. The number of aromatic nitrogens is 1. The molecule has 1 aromatic carbocycles. The first kappa shape index (κ1) is 10.6. The SMILES string of the molecule is COc1ccc2c(c1Cl)c(CCN)c1c(=O)n12. The summed E-state index contributed by atoms with van der Waals surface area (Å²) in [6.45, 7) is 0.493. The van der Waals surface area contributed by atoms with Crippen LogP contribution in [0.2, 0.25) is 5.02 Å². The van der Waals surface area contributed by atoms with Crippen molar-refractivity contribution in [3.05, 3.63) is 33.1 Å². The molecule has 2 N–H and O–H groups in total. The van der Waals surface area contributed by atoms with Crippen LogP contribution in [-0.2, 0) is 6.42 Å².